The summed E-state index contributed by atoms with van der Waals surface area (Å²) >= 11 is 0. The molecule has 1 unspecified atom stereocenters. The lowest BCUT2D eigenvalue weighted by Gasteiger charge is -2.17. The summed E-state index contributed by atoms with van der Waals surface area (Å²) in [7, 11) is 4.05. The summed E-state index contributed by atoms with van der Waals surface area (Å²) in [6.45, 7) is 5.21. The van der Waals surface area contributed by atoms with Crippen molar-refractivity contribution in [2.45, 2.75) is 26.3 Å². The van der Waals surface area contributed by atoms with Crippen LogP contribution in [0.5, 0.6) is 0 Å². The van der Waals surface area contributed by atoms with Crippen molar-refractivity contribution >= 4 is 5.91 Å². The van der Waals surface area contributed by atoms with Gasteiger partial charge in [0, 0.05) is 11.6 Å². The second-order valence-electron chi connectivity index (χ2n) is 5.52. The van der Waals surface area contributed by atoms with Crippen LogP contribution < -0.4 is 11.1 Å². The minimum absolute atomic E-state index is 0.0775. The fraction of sp³-hybridized carbons (Fsp3) is 0.471. The topological polar surface area (TPSA) is 58.4 Å². The second-order valence-corrected chi connectivity index (χ2v) is 5.52. The number of amides is 1. The molecular formula is C17H25N3O. The Bertz CT molecular complexity index is 541. The SMILES string of the molecule is Cc1ccc(C#CCN)c(C(=O)NC(C)CCN(C)C)c1. The van der Waals surface area contributed by atoms with E-state index in [1.54, 1.807) is 0 Å². The van der Waals surface area contributed by atoms with E-state index in [2.05, 4.69) is 22.1 Å². The fourth-order valence-electron chi connectivity index (χ4n) is 1.93. The van der Waals surface area contributed by atoms with Gasteiger partial charge in [-0.2, -0.15) is 0 Å². The van der Waals surface area contributed by atoms with E-state index >= 15 is 0 Å². The van der Waals surface area contributed by atoms with Gasteiger partial charge in [0.1, 0.15) is 0 Å². The number of nitrogens with zero attached hydrogens (tertiary/aromatic N) is 1. The highest BCUT2D eigenvalue weighted by Gasteiger charge is 2.13. The Morgan fingerprint density at radius 3 is 2.76 bits per heavy atom. The molecule has 1 aromatic rings. The van der Waals surface area contributed by atoms with Gasteiger partial charge >= 0.3 is 0 Å². The molecule has 0 spiro atoms. The number of benzene rings is 1. The molecule has 0 heterocycles. The van der Waals surface area contributed by atoms with Gasteiger partial charge in [-0.05, 0) is 53.0 Å². The molecule has 0 fully saturated rings. The van der Waals surface area contributed by atoms with Gasteiger partial charge in [-0.3, -0.25) is 4.79 Å². The second kappa shape index (κ2) is 8.46. The van der Waals surface area contributed by atoms with Crippen molar-refractivity contribution in [3.8, 4) is 11.8 Å². The van der Waals surface area contributed by atoms with Crippen LogP contribution in [0.2, 0.25) is 0 Å². The van der Waals surface area contributed by atoms with Crippen molar-refractivity contribution in [2.75, 3.05) is 27.2 Å². The van der Waals surface area contributed by atoms with Crippen molar-refractivity contribution < 1.29 is 4.79 Å². The lowest BCUT2D eigenvalue weighted by Crippen LogP contribution is -2.35. The molecule has 1 aromatic carbocycles. The van der Waals surface area contributed by atoms with Crippen LogP contribution in [-0.2, 0) is 0 Å². The third-order valence-corrected chi connectivity index (χ3v) is 3.13. The van der Waals surface area contributed by atoms with Crippen LogP contribution in [0.3, 0.4) is 0 Å². The number of rotatable bonds is 5. The molecule has 4 heteroatoms. The minimum atomic E-state index is -0.0775. The van der Waals surface area contributed by atoms with Crippen LogP contribution in [0.4, 0.5) is 0 Å². The maximum Gasteiger partial charge on any atom is 0.252 e. The van der Waals surface area contributed by atoms with Crippen molar-refractivity contribution in [2.24, 2.45) is 5.73 Å². The first-order chi connectivity index (χ1) is 9.93. The molecule has 0 bridgehead atoms. The molecule has 1 amide bonds. The Morgan fingerprint density at radius 1 is 1.43 bits per heavy atom. The Kier molecular flexibility index (Phi) is 6.93. The Labute approximate surface area is 127 Å². The number of nitrogens with one attached hydrogen (secondary N) is 1. The summed E-state index contributed by atoms with van der Waals surface area (Å²) in [4.78, 5) is 14.5. The van der Waals surface area contributed by atoms with Gasteiger partial charge in [0.15, 0.2) is 0 Å². The normalized spacial score (nSPS) is 11.7. The maximum atomic E-state index is 12.4. The summed E-state index contributed by atoms with van der Waals surface area (Å²) in [5.41, 5.74) is 7.79. The highest BCUT2D eigenvalue weighted by molar-refractivity contribution is 5.97. The molecule has 114 valence electrons. The van der Waals surface area contributed by atoms with Gasteiger partial charge < -0.3 is 16.0 Å². The molecule has 0 aromatic heterocycles. The van der Waals surface area contributed by atoms with Crippen molar-refractivity contribution in [1.82, 2.24) is 10.2 Å². The molecule has 21 heavy (non-hydrogen) atoms. The zero-order chi connectivity index (χ0) is 15.8. The van der Waals surface area contributed by atoms with Gasteiger partial charge in [-0.1, -0.05) is 23.5 Å². The number of carbonyl (C=O) groups excluding carboxylic acids is 1. The number of carbonyl (C=O) groups is 1. The molecule has 3 N–H and O–H groups in total. The van der Waals surface area contributed by atoms with E-state index in [0.29, 0.717) is 5.56 Å². The average Bonchev–Trinajstić information content (AvgIpc) is 2.43. The first kappa shape index (κ1) is 17.2. The Balaban J connectivity index is 2.83. The number of hydrogen-bond donors (Lipinski definition) is 2. The van der Waals surface area contributed by atoms with Gasteiger partial charge in [-0.25, -0.2) is 0 Å². The third-order valence-electron chi connectivity index (χ3n) is 3.13. The zero-order valence-corrected chi connectivity index (χ0v) is 13.4. The Morgan fingerprint density at radius 2 is 2.14 bits per heavy atom. The van der Waals surface area contributed by atoms with Crippen LogP contribution in [0.15, 0.2) is 18.2 Å². The maximum absolute atomic E-state index is 12.4. The van der Waals surface area contributed by atoms with E-state index in [0.717, 1.165) is 24.1 Å². The van der Waals surface area contributed by atoms with Crippen LogP contribution in [-0.4, -0.2) is 44.0 Å². The minimum Gasteiger partial charge on any atom is -0.349 e. The van der Waals surface area contributed by atoms with Gasteiger partial charge in [0.2, 0.25) is 0 Å². The van der Waals surface area contributed by atoms with Crippen LogP contribution in [0, 0.1) is 18.8 Å². The summed E-state index contributed by atoms with van der Waals surface area (Å²) in [6.07, 6.45) is 0.911. The summed E-state index contributed by atoms with van der Waals surface area (Å²) in [5, 5.41) is 3.03. The first-order valence-electron chi connectivity index (χ1n) is 7.19. The predicted molar refractivity (Wildman–Crippen MR) is 87.2 cm³/mol. The quantitative estimate of drug-likeness (QED) is 0.804. The molecular weight excluding hydrogens is 262 g/mol. The number of aryl methyl sites for hydroxylation is 1. The molecule has 0 aliphatic rings. The standard InChI is InChI=1S/C17H25N3O/c1-13-7-8-15(6-5-10-18)16(12-13)17(21)19-14(2)9-11-20(3)4/h7-8,12,14H,9-11,18H2,1-4H3,(H,19,21). The van der Waals surface area contributed by atoms with Gasteiger partial charge in [0.05, 0.1) is 12.1 Å². The van der Waals surface area contributed by atoms with Crippen LogP contribution >= 0.6 is 0 Å². The Hall–Kier alpha value is -1.83. The fourth-order valence-corrected chi connectivity index (χ4v) is 1.93. The van der Waals surface area contributed by atoms with Crippen LogP contribution in [0.25, 0.3) is 0 Å². The molecule has 1 atom stereocenters. The van der Waals surface area contributed by atoms with E-state index < -0.39 is 0 Å². The third kappa shape index (κ3) is 5.99. The first-order valence-corrected chi connectivity index (χ1v) is 7.19. The number of nitrogens with two attached hydrogens (primary N) is 1. The van der Waals surface area contributed by atoms with Crippen molar-refractivity contribution in [3.63, 3.8) is 0 Å². The van der Waals surface area contributed by atoms with Crippen LogP contribution in [0.1, 0.15) is 34.8 Å². The molecule has 4 nitrogen and oxygen atoms in total. The summed E-state index contributed by atoms with van der Waals surface area (Å²) in [5.74, 6) is 5.69. The van der Waals surface area contributed by atoms with Crippen molar-refractivity contribution in [3.05, 3.63) is 34.9 Å². The molecule has 0 aliphatic carbocycles. The molecule has 1 rings (SSSR count). The molecule has 0 aliphatic heterocycles. The predicted octanol–water partition coefficient (Wildman–Crippen LogP) is 1.38. The highest BCUT2D eigenvalue weighted by atomic mass is 16.1. The van der Waals surface area contributed by atoms with Gasteiger partial charge in [-0.15, -0.1) is 0 Å². The monoisotopic (exact) mass is 287 g/mol. The number of hydrogen-bond acceptors (Lipinski definition) is 3. The van der Waals surface area contributed by atoms with Gasteiger partial charge in [0.25, 0.3) is 5.91 Å². The van der Waals surface area contributed by atoms with E-state index in [-0.39, 0.29) is 18.5 Å². The average molecular weight is 287 g/mol. The molecule has 0 radical (unpaired) electrons. The largest absolute Gasteiger partial charge is 0.349 e. The lowest BCUT2D eigenvalue weighted by atomic mass is 10.0. The zero-order valence-electron chi connectivity index (χ0n) is 13.4. The smallest absolute Gasteiger partial charge is 0.252 e. The van der Waals surface area contributed by atoms with E-state index in [9.17, 15) is 4.79 Å². The lowest BCUT2D eigenvalue weighted by molar-refractivity contribution is 0.0936. The summed E-state index contributed by atoms with van der Waals surface area (Å²) < 4.78 is 0. The van der Waals surface area contributed by atoms with E-state index in [4.69, 9.17) is 5.73 Å². The summed E-state index contributed by atoms with van der Waals surface area (Å²) in [6, 6.07) is 5.81. The van der Waals surface area contributed by atoms with E-state index in [1.165, 1.54) is 0 Å². The molecule has 0 saturated carbocycles. The van der Waals surface area contributed by atoms with Crippen molar-refractivity contribution in [1.29, 1.82) is 0 Å². The highest BCUT2D eigenvalue weighted by Crippen LogP contribution is 2.11. The van der Waals surface area contributed by atoms with E-state index in [1.807, 2.05) is 46.1 Å². The molecule has 0 saturated heterocycles.